The van der Waals surface area contributed by atoms with Gasteiger partial charge in [0.1, 0.15) is 0 Å². The number of rotatable bonds is 4. The van der Waals surface area contributed by atoms with E-state index >= 15 is 0 Å². The van der Waals surface area contributed by atoms with Gasteiger partial charge in [-0.1, -0.05) is 60.7 Å². The molecule has 4 atom stereocenters. The van der Waals surface area contributed by atoms with E-state index < -0.39 is 0 Å². The lowest BCUT2D eigenvalue weighted by Gasteiger charge is -2.17. The summed E-state index contributed by atoms with van der Waals surface area (Å²) in [7, 11) is 0. The Kier molecular flexibility index (Phi) is 3.86. The van der Waals surface area contributed by atoms with Gasteiger partial charge in [-0.2, -0.15) is 0 Å². The van der Waals surface area contributed by atoms with Crippen molar-refractivity contribution in [3.05, 3.63) is 84.0 Å². The van der Waals surface area contributed by atoms with E-state index in [1.807, 2.05) is 30.3 Å². The number of anilines is 1. The maximum atomic E-state index is 12.9. The van der Waals surface area contributed by atoms with Gasteiger partial charge in [-0.25, -0.2) is 4.90 Å². The third kappa shape index (κ3) is 2.56. The number of ketones is 1. The highest BCUT2D eigenvalue weighted by Gasteiger charge is 2.59. The molecule has 2 amide bonds. The number of allylic oxidation sites excluding steroid dienone is 3. The van der Waals surface area contributed by atoms with Crippen molar-refractivity contribution in [1.82, 2.24) is 0 Å². The number of nitrogens with zero attached hydrogens (tertiary/aromatic N) is 1. The molecule has 0 spiro atoms. The third-order valence-electron chi connectivity index (χ3n) is 6.08. The molecule has 1 aliphatic heterocycles. The quantitative estimate of drug-likeness (QED) is 0.356. The van der Waals surface area contributed by atoms with Crippen LogP contribution in [0.1, 0.15) is 22.3 Å². The van der Waals surface area contributed by atoms with Crippen LogP contribution >= 0.6 is 0 Å². The Bertz CT molecular complexity index is 1010. The fraction of sp³-hybridized carbons (Fsp3) is 0.208. The first-order chi connectivity index (χ1) is 13.6. The summed E-state index contributed by atoms with van der Waals surface area (Å²) in [6.07, 6.45) is 8.34. The molecule has 4 heteroatoms. The summed E-state index contributed by atoms with van der Waals surface area (Å²) < 4.78 is 0. The number of hydrogen-bond donors (Lipinski definition) is 0. The Hall–Kier alpha value is -3.27. The second kappa shape index (κ2) is 6.41. The summed E-state index contributed by atoms with van der Waals surface area (Å²) in [4.78, 5) is 39.5. The van der Waals surface area contributed by atoms with Crippen molar-refractivity contribution < 1.29 is 14.4 Å². The van der Waals surface area contributed by atoms with E-state index in [2.05, 4.69) is 12.2 Å². The van der Waals surface area contributed by atoms with Crippen molar-refractivity contribution in [2.75, 3.05) is 4.90 Å². The van der Waals surface area contributed by atoms with Crippen LogP contribution in [0.5, 0.6) is 0 Å². The molecule has 1 heterocycles. The molecule has 5 rings (SSSR count). The van der Waals surface area contributed by atoms with Crippen LogP contribution in [0, 0.1) is 23.7 Å². The highest BCUT2D eigenvalue weighted by molar-refractivity contribution is 6.23. The van der Waals surface area contributed by atoms with Gasteiger partial charge in [0.15, 0.2) is 5.78 Å². The number of amides is 2. The lowest BCUT2D eigenvalue weighted by atomic mass is 9.85. The van der Waals surface area contributed by atoms with Crippen molar-refractivity contribution in [3.63, 3.8) is 0 Å². The molecular weight excluding hydrogens is 350 g/mol. The van der Waals surface area contributed by atoms with E-state index in [1.165, 1.54) is 11.0 Å². The Morgan fingerprint density at radius 2 is 1.57 bits per heavy atom. The van der Waals surface area contributed by atoms with Gasteiger partial charge in [0.25, 0.3) is 0 Å². The maximum absolute atomic E-state index is 12.9. The van der Waals surface area contributed by atoms with Gasteiger partial charge < -0.3 is 0 Å². The Morgan fingerprint density at radius 1 is 0.893 bits per heavy atom. The normalized spacial score (nSPS) is 27.8. The van der Waals surface area contributed by atoms with E-state index in [4.69, 9.17) is 0 Å². The van der Waals surface area contributed by atoms with Crippen LogP contribution in [0.3, 0.4) is 0 Å². The number of fused-ring (bicyclic) bond motifs is 5. The second-order valence-corrected chi connectivity index (χ2v) is 7.67. The smallest absolute Gasteiger partial charge is 0.238 e. The molecule has 1 saturated heterocycles. The van der Waals surface area contributed by atoms with Gasteiger partial charge in [0.2, 0.25) is 11.8 Å². The minimum atomic E-state index is -0.207. The Balaban J connectivity index is 1.39. The van der Waals surface area contributed by atoms with Crippen LogP contribution in [-0.4, -0.2) is 17.6 Å². The first-order valence-electron chi connectivity index (χ1n) is 9.57. The molecule has 0 unspecified atom stereocenters. The first-order valence-corrected chi connectivity index (χ1v) is 9.57. The molecule has 0 N–H and O–H groups in total. The summed E-state index contributed by atoms with van der Waals surface area (Å²) >= 11 is 0. The first kappa shape index (κ1) is 16.9. The predicted molar refractivity (Wildman–Crippen MR) is 106 cm³/mol. The lowest BCUT2D eigenvalue weighted by molar-refractivity contribution is -0.123. The average molecular weight is 369 g/mol. The van der Waals surface area contributed by atoms with E-state index in [0.29, 0.717) is 11.3 Å². The summed E-state index contributed by atoms with van der Waals surface area (Å²) in [5, 5.41) is 0. The molecule has 0 radical (unpaired) electrons. The molecule has 2 aromatic carbocycles. The summed E-state index contributed by atoms with van der Waals surface area (Å²) in [5.74, 6) is -0.285. The number of carbonyl (C=O) groups excluding carboxylic acids is 3. The molecule has 2 fully saturated rings. The van der Waals surface area contributed by atoms with Crippen LogP contribution < -0.4 is 4.90 Å². The van der Waals surface area contributed by atoms with E-state index in [0.717, 1.165) is 12.0 Å². The van der Waals surface area contributed by atoms with Crippen molar-refractivity contribution in [1.29, 1.82) is 0 Å². The SMILES string of the molecule is O=C(/C=C/c1cccc(N2C(=O)[C@H]3[C@H](C2=O)[C@H]2C=C[C@H]3C2)c1)c1ccccc1. The fourth-order valence-corrected chi connectivity index (χ4v) is 4.79. The zero-order valence-electron chi connectivity index (χ0n) is 15.2. The predicted octanol–water partition coefficient (Wildman–Crippen LogP) is 3.89. The van der Waals surface area contributed by atoms with E-state index in [9.17, 15) is 14.4 Å². The number of carbonyl (C=O) groups is 3. The Labute approximate surface area is 163 Å². The topological polar surface area (TPSA) is 54.5 Å². The minimum absolute atomic E-state index is 0.0866. The van der Waals surface area contributed by atoms with Crippen LogP contribution in [0.25, 0.3) is 6.08 Å². The van der Waals surface area contributed by atoms with Gasteiger partial charge in [-0.05, 0) is 42.0 Å². The van der Waals surface area contributed by atoms with Gasteiger partial charge in [0.05, 0.1) is 17.5 Å². The van der Waals surface area contributed by atoms with Crippen LogP contribution in [0.4, 0.5) is 5.69 Å². The monoisotopic (exact) mass is 369 g/mol. The van der Waals surface area contributed by atoms with Gasteiger partial charge in [-0.3, -0.25) is 14.4 Å². The number of hydrogen-bond acceptors (Lipinski definition) is 3. The molecule has 4 nitrogen and oxygen atoms in total. The van der Waals surface area contributed by atoms with E-state index in [1.54, 1.807) is 30.3 Å². The van der Waals surface area contributed by atoms with Crippen LogP contribution in [0.15, 0.2) is 72.8 Å². The highest BCUT2D eigenvalue weighted by atomic mass is 16.2. The van der Waals surface area contributed by atoms with Crippen LogP contribution in [-0.2, 0) is 9.59 Å². The average Bonchev–Trinajstić information content (AvgIpc) is 3.41. The number of benzene rings is 2. The van der Waals surface area contributed by atoms with Crippen molar-refractivity contribution in [2.45, 2.75) is 6.42 Å². The second-order valence-electron chi connectivity index (χ2n) is 7.67. The molecular formula is C24H19NO3. The maximum Gasteiger partial charge on any atom is 0.238 e. The Morgan fingerprint density at radius 3 is 2.25 bits per heavy atom. The zero-order chi connectivity index (χ0) is 19.3. The largest absolute Gasteiger partial charge is 0.289 e. The van der Waals surface area contributed by atoms with Crippen molar-refractivity contribution in [3.8, 4) is 0 Å². The van der Waals surface area contributed by atoms with E-state index in [-0.39, 0.29) is 41.3 Å². The summed E-state index contributed by atoms with van der Waals surface area (Å²) in [6.45, 7) is 0. The molecule has 1 saturated carbocycles. The molecule has 0 aromatic heterocycles. The highest BCUT2D eigenvalue weighted by Crippen LogP contribution is 2.53. The fourth-order valence-electron chi connectivity index (χ4n) is 4.79. The van der Waals surface area contributed by atoms with Gasteiger partial charge in [-0.15, -0.1) is 0 Å². The van der Waals surface area contributed by atoms with Gasteiger partial charge >= 0.3 is 0 Å². The van der Waals surface area contributed by atoms with Gasteiger partial charge in [0, 0.05) is 5.56 Å². The lowest BCUT2D eigenvalue weighted by Crippen LogP contribution is -2.32. The number of imide groups is 1. The minimum Gasteiger partial charge on any atom is -0.289 e. The molecule has 2 aromatic rings. The molecule has 2 aliphatic carbocycles. The standard InChI is InChI=1S/C24H19NO3/c26-20(16-6-2-1-3-7-16)12-9-15-5-4-8-19(13-15)25-23(27)21-17-10-11-18(14-17)22(21)24(25)28/h1-13,17-18,21-22H,14H2/b12-9+/t17-,18-,21+,22+/m0/s1. The molecule has 3 aliphatic rings. The summed E-state index contributed by atoms with van der Waals surface area (Å²) in [6, 6.07) is 16.3. The van der Waals surface area contributed by atoms with Crippen LogP contribution in [0.2, 0.25) is 0 Å². The summed E-state index contributed by atoms with van der Waals surface area (Å²) in [5.41, 5.74) is 1.98. The van der Waals surface area contributed by atoms with Crippen molar-refractivity contribution >= 4 is 29.4 Å². The molecule has 138 valence electrons. The van der Waals surface area contributed by atoms with Crippen molar-refractivity contribution in [2.24, 2.45) is 23.7 Å². The third-order valence-corrected chi connectivity index (χ3v) is 6.08. The zero-order valence-corrected chi connectivity index (χ0v) is 15.2. The molecule has 28 heavy (non-hydrogen) atoms. The molecule has 2 bridgehead atoms.